The van der Waals surface area contributed by atoms with Crippen LogP contribution in [-0.2, 0) is 23.7 Å². The maximum absolute atomic E-state index is 10.0. The van der Waals surface area contributed by atoms with Gasteiger partial charge in [-0.3, -0.25) is 0 Å². The Kier molecular flexibility index (Phi) is 8.61. The topological polar surface area (TPSA) is 93.2 Å². The second kappa shape index (κ2) is 10.5. The van der Waals surface area contributed by atoms with E-state index in [0.29, 0.717) is 32.8 Å². The summed E-state index contributed by atoms with van der Waals surface area (Å²) in [7, 11) is 0. The van der Waals surface area contributed by atoms with Crippen LogP contribution in [0.25, 0.3) is 0 Å². The van der Waals surface area contributed by atoms with E-state index >= 15 is 0 Å². The monoisotopic (exact) mass is 320 g/mol. The van der Waals surface area contributed by atoms with Gasteiger partial charge in [-0.2, -0.15) is 0 Å². The van der Waals surface area contributed by atoms with Crippen LogP contribution in [0, 0.1) is 0 Å². The molecule has 0 amide bonds. The fourth-order valence-electron chi connectivity index (χ4n) is 1.99. The van der Waals surface area contributed by atoms with E-state index in [9.17, 15) is 5.11 Å². The molecule has 2 N–H and O–H groups in total. The lowest BCUT2D eigenvalue weighted by atomic mass is 10.1. The van der Waals surface area contributed by atoms with Crippen molar-refractivity contribution in [1.29, 1.82) is 0 Å². The van der Waals surface area contributed by atoms with Crippen LogP contribution in [0.5, 0.6) is 0 Å². The van der Waals surface area contributed by atoms with Gasteiger partial charge in [0.05, 0.1) is 51.8 Å². The van der Waals surface area contributed by atoms with Crippen molar-refractivity contribution in [1.82, 2.24) is 0 Å². The first kappa shape index (κ1) is 18.1. The van der Waals surface area contributed by atoms with Gasteiger partial charge in [-0.15, -0.1) is 0 Å². The van der Waals surface area contributed by atoms with Crippen molar-refractivity contribution >= 4 is 0 Å². The van der Waals surface area contributed by atoms with Gasteiger partial charge in [0.1, 0.15) is 12.2 Å². The minimum atomic E-state index is -0.583. The number of hydrogen-bond acceptors (Lipinski definition) is 7. The molecule has 7 nitrogen and oxygen atoms in total. The van der Waals surface area contributed by atoms with Crippen LogP contribution in [0.1, 0.15) is 19.3 Å². The van der Waals surface area contributed by atoms with Crippen LogP contribution in [0.4, 0.5) is 0 Å². The fraction of sp³-hybridized carbons (Fsp3) is 1.00. The molecule has 2 rings (SSSR count). The Bertz CT molecular complexity index is 281. The van der Waals surface area contributed by atoms with E-state index in [0.717, 1.165) is 26.1 Å². The summed E-state index contributed by atoms with van der Waals surface area (Å²) in [6.45, 7) is 4.07. The average molecular weight is 320 g/mol. The third-order valence-electron chi connectivity index (χ3n) is 3.47. The molecule has 7 heteroatoms. The lowest BCUT2D eigenvalue weighted by molar-refractivity contribution is -0.0585. The predicted octanol–water partition coefficient (Wildman–Crippen LogP) is -0.274. The van der Waals surface area contributed by atoms with Crippen LogP contribution in [0.2, 0.25) is 0 Å². The Hall–Kier alpha value is -0.280. The Morgan fingerprint density at radius 3 is 2.41 bits per heavy atom. The number of aliphatic hydroxyl groups is 2. The molecule has 2 saturated heterocycles. The highest BCUT2D eigenvalue weighted by atomic mass is 16.6. The molecule has 2 aliphatic rings. The SMILES string of the molecule is OCCCCOCC(O)CC(COCC1CO1)OCC1CO1. The summed E-state index contributed by atoms with van der Waals surface area (Å²) in [6.07, 6.45) is 1.66. The molecule has 0 radical (unpaired) electrons. The molecule has 0 aromatic heterocycles. The van der Waals surface area contributed by atoms with Crippen molar-refractivity contribution in [2.75, 3.05) is 52.9 Å². The van der Waals surface area contributed by atoms with E-state index in [1.165, 1.54) is 0 Å². The van der Waals surface area contributed by atoms with Crippen molar-refractivity contribution in [3.05, 3.63) is 0 Å². The number of epoxide rings is 2. The van der Waals surface area contributed by atoms with Crippen LogP contribution >= 0.6 is 0 Å². The van der Waals surface area contributed by atoms with Crippen molar-refractivity contribution in [2.24, 2.45) is 0 Å². The van der Waals surface area contributed by atoms with Gasteiger partial charge in [-0.25, -0.2) is 0 Å². The van der Waals surface area contributed by atoms with Gasteiger partial charge in [0.25, 0.3) is 0 Å². The van der Waals surface area contributed by atoms with Crippen molar-refractivity contribution in [3.8, 4) is 0 Å². The lowest BCUT2D eigenvalue weighted by Crippen LogP contribution is -2.30. The Balaban J connectivity index is 1.55. The molecule has 0 aromatic rings. The molecule has 0 spiro atoms. The molecular formula is C15H28O7. The average Bonchev–Trinajstić information content (AvgIpc) is 3.38. The summed E-state index contributed by atoms with van der Waals surface area (Å²) in [5, 5.41) is 18.7. The first-order valence-electron chi connectivity index (χ1n) is 8.07. The minimum Gasteiger partial charge on any atom is -0.396 e. The summed E-state index contributed by atoms with van der Waals surface area (Å²) < 4.78 is 26.9. The highest BCUT2D eigenvalue weighted by Gasteiger charge is 2.27. The van der Waals surface area contributed by atoms with Gasteiger partial charge in [-0.1, -0.05) is 0 Å². The third kappa shape index (κ3) is 8.99. The summed E-state index contributed by atoms with van der Waals surface area (Å²) >= 11 is 0. The molecule has 0 saturated carbocycles. The third-order valence-corrected chi connectivity index (χ3v) is 3.47. The highest BCUT2D eigenvalue weighted by molar-refractivity contribution is 4.72. The molecule has 4 unspecified atom stereocenters. The lowest BCUT2D eigenvalue weighted by Gasteiger charge is -2.20. The first-order valence-corrected chi connectivity index (χ1v) is 8.07. The highest BCUT2D eigenvalue weighted by Crippen LogP contribution is 2.14. The molecule has 0 aliphatic carbocycles. The normalized spacial score (nSPS) is 25.9. The van der Waals surface area contributed by atoms with E-state index in [1.807, 2.05) is 0 Å². The summed E-state index contributed by atoms with van der Waals surface area (Å²) in [4.78, 5) is 0. The van der Waals surface area contributed by atoms with E-state index < -0.39 is 6.10 Å². The smallest absolute Gasteiger partial charge is 0.104 e. The molecule has 0 aromatic carbocycles. The van der Waals surface area contributed by atoms with Crippen LogP contribution in [-0.4, -0.2) is 87.5 Å². The molecule has 22 heavy (non-hydrogen) atoms. The van der Waals surface area contributed by atoms with Crippen LogP contribution in [0.3, 0.4) is 0 Å². The van der Waals surface area contributed by atoms with Gasteiger partial charge in [0.2, 0.25) is 0 Å². The summed E-state index contributed by atoms with van der Waals surface area (Å²) in [5.74, 6) is 0. The van der Waals surface area contributed by atoms with Crippen molar-refractivity contribution in [2.45, 2.75) is 43.7 Å². The van der Waals surface area contributed by atoms with E-state index in [4.69, 9.17) is 28.8 Å². The zero-order valence-electron chi connectivity index (χ0n) is 13.0. The van der Waals surface area contributed by atoms with Crippen LogP contribution in [0.15, 0.2) is 0 Å². The largest absolute Gasteiger partial charge is 0.396 e. The van der Waals surface area contributed by atoms with Gasteiger partial charge in [0.15, 0.2) is 0 Å². The zero-order chi connectivity index (χ0) is 15.6. The molecule has 2 fully saturated rings. The zero-order valence-corrected chi connectivity index (χ0v) is 13.0. The maximum atomic E-state index is 10.0. The van der Waals surface area contributed by atoms with E-state index in [1.54, 1.807) is 0 Å². The molecule has 0 bridgehead atoms. The van der Waals surface area contributed by atoms with Crippen molar-refractivity contribution in [3.63, 3.8) is 0 Å². The number of aliphatic hydroxyl groups excluding tert-OH is 2. The Morgan fingerprint density at radius 2 is 1.73 bits per heavy atom. The van der Waals surface area contributed by atoms with Gasteiger partial charge in [0, 0.05) is 19.6 Å². The molecule has 4 atom stereocenters. The number of ether oxygens (including phenoxy) is 5. The van der Waals surface area contributed by atoms with E-state index in [-0.39, 0.29) is 31.5 Å². The molecule has 2 heterocycles. The standard InChI is InChI=1S/C15H28O7/c16-3-1-2-4-18-6-12(17)5-13(20-10-15-11-22-15)7-19-8-14-9-21-14/h12-17H,1-11H2. The van der Waals surface area contributed by atoms with Crippen LogP contribution < -0.4 is 0 Å². The minimum absolute atomic E-state index is 0.168. The van der Waals surface area contributed by atoms with Gasteiger partial charge >= 0.3 is 0 Å². The number of unbranched alkanes of at least 4 members (excludes halogenated alkanes) is 1. The van der Waals surface area contributed by atoms with Crippen molar-refractivity contribution < 1.29 is 33.9 Å². The predicted molar refractivity (Wildman–Crippen MR) is 77.8 cm³/mol. The van der Waals surface area contributed by atoms with Gasteiger partial charge in [-0.05, 0) is 12.8 Å². The second-order valence-corrected chi connectivity index (χ2v) is 5.80. The maximum Gasteiger partial charge on any atom is 0.104 e. The summed E-state index contributed by atoms with van der Waals surface area (Å²) in [5.41, 5.74) is 0. The Morgan fingerprint density at radius 1 is 1.00 bits per heavy atom. The molecule has 2 aliphatic heterocycles. The number of hydrogen-bond donors (Lipinski definition) is 2. The molecule has 130 valence electrons. The van der Waals surface area contributed by atoms with Gasteiger partial charge < -0.3 is 33.9 Å². The quantitative estimate of drug-likeness (QED) is 0.317. The second-order valence-electron chi connectivity index (χ2n) is 5.80. The first-order chi connectivity index (χ1) is 10.8. The van der Waals surface area contributed by atoms with E-state index in [2.05, 4.69) is 0 Å². The summed E-state index contributed by atoms with van der Waals surface area (Å²) in [6, 6.07) is 0. The number of rotatable bonds is 15. The Labute approximate surface area is 131 Å². The fourth-order valence-corrected chi connectivity index (χ4v) is 1.99. The molecular weight excluding hydrogens is 292 g/mol.